The van der Waals surface area contributed by atoms with Gasteiger partial charge in [0.05, 0.1) is 11.1 Å². The van der Waals surface area contributed by atoms with E-state index in [0.717, 1.165) is 24.1 Å². The Balaban J connectivity index is 2.11. The van der Waals surface area contributed by atoms with E-state index in [4.69, 9.17) is 11.6 Å². The number of nitro groups is 1. The highest BCUT2D eigenvalue weighted by Crippen LogP contribution is 2.31. The summed E-state index contributed by atoms with van der Waals surface area (Å²) in [4.78, 5) is 16.9. The normalized spacial score (nSPS) is 24.4. The van der Waals surface area contributed by atoms with E-state index >= 15 is 0 Å². The van der Waals surface area contributed by atoms with E-state index in [1.165, 1.54) is 0 Å². The smallest absolute Gasteiger partial charge is 0.409 e. The maximum absolute atomic E-state index is 11.4. The Bertz CT molecular complexity index is 842. The van der Waals surface area contributed by atoms with E-state index < -0.39 is 10.7 Å². The summed E-state index contributed by atoms with van der Waals surface area (Å²) in [7, 11) is 0. The zero-order valence-corrected chi connectivity index (χ0v) is 14.8. The molecule has 1 N–H and O–H groups in total. The van der Waals surface area contributed by atoms with Gasteiger partial charge in [-0.05, 0) is 52.2 Å². The first-order valence-corrected chi connectivity index (χ1v) is 8.62. The fourth-order valence-electron chi connectivity index (χ4n) is 3.22. The van der Waals surface area contributed by atoms with Crippen LogP contribution in [0.25, 0.3) is 5.69 Å². The van der Waals surface area contributed by atoms with Crippen molar-refractivity contribution < 1.29 is 10.1 Å². The number of nitrogens with zero attached hydrogens (tertiary/aromatic N) is 5. The van der Waals surface area contributed by atoms with E-state index in [-0.39, 0.29) is 17.4 Å². The van der Waals surface area contributed by atoms with Gasteiger partial charge in [0.2, 0.25) is 0 Å². The van der Waals surface area contributed by atoms with Crippen LogP contribution in [0.5, 0.6) is 0 Å². The molecule has 1 fully saturated rings. The van der Waals surface area contributed by atoms with Gasteiger partial charge in [-0.15, -0.1) is 0 Å². The van der Waals surface area contributed by atoms with Gasteiger partial charge in [-0.1, -0.05) is 43.1 Å². The molecule has 0 aliphatic heterocycles. The average molecular weight is 366 g/mol. The van der Waals surface area contributed by atoms with Crippen molar-refractivity contribution in [1.29, 1.82) is 0 Å². The Morgan fingerprint density at radius 2 is 2.00 bits per heavy atom. The van der Waals surface area contributed by atoms with Gasteiger partial charge in [-0.3, -0.25) is 4.99 Å². The van der Waals surface area contributed by atoms with Crippen molar-refractivity contribution in [2.24, 2.45) is 16.8 Å². The molecule has 1 aromatic heterocycles. The topological polar surface area (TPSA) is 98.5 Å². The molecule has 1 aliphatic rings. The molecule has 0 saturated heterocycles. The van der Waals surface area contributed by atoms with Crippen LogP contribution in [0.2, 0.25) is 5.02 Å². The summed E-state index contributed by atoms with van der Waals surface area (Å²) in [5, 5.41) is 26.3. The lowest BCUT2D eigenvalue weighted by Crippen LogP contribution is -2.32. The lowest BCUT2D eigenvalue weighted by atomic mass is 9.78. The third-order valence-electron chi connectivity index (χ3n) is 4.94. The fraction of sp³-hybridized carbons (Fsp3) is 0.500. The summed E-state index contributed by atoms with van der Waals surface area (Å²) in [6.45, 7) is 4.25. The highest BCUT2D eigenvalue weighted by atomic mass is 35.5. The molecule has 0 unspecified atom stereocenters. The van der Waals surface area contributed by atoms with Crippen LogP contribution >= 0.6 is 11.6 Å². The Morgan fingerprint density at radius 3 is 2.64 bits per heavy atom. The lowest BCUT2D eigenvalue weighted by Gasteiger charge is -2.31. The van der Waals surface area contributed by atoms with Gasteiger partial charge in [-0.25, -0.2) is 0 Å². The molecule has 1 heterocycles. The van der Waals surface area contributed by atoms with E-state index in [0.29, 0.717) is 21.5 Å². The van der Waals surface area contributed by atoms with Crippen molar-refractivity contribution >= 4 is 17.4 Å². The van der Waals surface area contributed by atoms with Crippen molar-refractivity contribution in [3.05, 3.63) is 44.9 Å². The SMILES string of the molecule is C[C@@H]1[C@H](C)CCC[C@H]1N=c1c([N+](=O)[O-])nn(-c2ccc(Cl)cc2)n1O. The molecule has 9 heteroatoms. The van der Waals surface area contributed by atoms with E-state index in [1.54, 1.807) is 24.3 Å². The van der Waals surface area contributed by atoms with Crippen molar-refractivity contribution in [3.8, 4) is 5.69 Å². The van der Waals surface area contributed by atoms with E-state index in [9.17, 15) is 15.3 Å². The van der Waals surface area contributed by atoms with Gasteiger partial charge >= 0.3 is 5.82 Å². The third-order valence-corrected chi connectivity index (χ3v) is 5.19. The van der Waals surface area contributed by atoms with Crippen molar-refractivity contribution in [3.63, 3.8) is 0 Å². The zero-order valence-electron chi connectivity index (χ0n) is 14.0. The Morgan fingerprint density at radius 1 is 1.32 bits per heavy atom. The highest BCUT2D eigenvalue weighted by molar-refractivity contribution is 6.30. The molecule has 1 saturated carbocycles. The molecule has 0 radical (unpaired) electrons. The largest absolute Gasteiger partial charge is 0.438 e. The minimum Gasteiger partial charge on any atom is -0.409 e. The van der Waals surface area contributed by atoms with Gasteiger partial charge in [0.15, 0.2) is 0 Å². The quantitative estimate of drug-likeness (QED) is 0.513. The van der Waals surface area contributed by atoms with E-state index in [2.05, 4.69) is 23.9 Å². The number of rotatable bonds is 3. The molecule has 134 valence electrons. The molecule has 1 aliphatic carbocycles. The van der Waals surface area contributed by atoms with Crippen LogP contribution in [-0.2, 0) is 0 Å². The summed E-state index contributed by atoms with van der Waals surface area (Å²) in [5.41, 5.74) is 0.312. The van der Waals surface area contributed by atoms with Crippen LogP contribution in [0.1, 0.15) is 33.1 Å². The lowest BCUT2D eigenvalue weighted by molar-refractivity contribution is -0.391. The highest BCUT2D eigenvalue weighted by Gasteiger charge is 2.30. The zero-order chi connectivity index (χ0) is 18.1. The monoisotopic (exact) mass is 365 g/mol. The number of hydrogen-bond acceptors (Lipinski definition) is 5. The van der Waals surface area contributed by atoms with Gasteiger partial charge in [-0.2, -0.15) is 0 Å². The minimum absolute atomic E-state index is 0.0799. The van der Waals surface area contributed by atoms with Gasteiger partial charge in [0.25, 0.3) is 5.49 Å². The van der Waals surface area contributed by atoms with Crippen molar-refractivity contribution in [1.82, 2.24) is 14.7 Å². The van der Waals surface area contributed by atoms with Crippen LogP contribution in [0.3, 0.4) is 0 Å². The number of aromatic nitrogens is 3. The van der Waals surface area contributed by atoms with Gasteiger partial charge in [0, 0.05) is 5.02 Å². The van der Waals surface area contributed by atoms with Gasteiger partial charge < -0.3 is 15.3 Å². The summed E-state index contributed by atoms with van der Waals surface area (Å²) in [6.07, 6.45) is 2.98. The average Bonchev–Trinajstić information content (AvgIpc) is 2.90. The molecule has 0 amide bonds. The molecule has 3 rings (SSSR count). The summed E-state index contributed by atoms with van der Waals surface area (Å²) >= 11 is 5.86. The van der Waals surface area contributed by atoms with Crippen LogP contribution in [-0.4, -0.2) is 30.9 Å². The second kappa shape index (κ2) is 6.87. The number of halogens is 1. The second-order valence-corrected chi connectivity index (χ2v) is 6.96. The predicted molar refractivity (Wildman–Crippen MR) is 91.9 cm³/mol. The summed E-state index contributed by atoms with van der Waals surface area (Å²) in [5.74, 6) is 0.301. The molecule has 1 aromatic carbocycles. The molecule has 3 atom stereocenters. The number of hydrogen-bond donors (Lipinski definition) is 1. The molecule has 0 bridgehead atoms. The van der Waals surface area contributed by atoms with Crippen LogP contribution in [0.4, 0.5) is 5.82 Å². The number of benzene rings is 1. The first kappa shape index (κ1) is 17.5. The minimum atomic E-state index is -0.630. The Labute approximate surface area is 149 Å². The van der Waals surface area contributed by atoms with Crippen LogP contribution in [0, 0.1) is 22.0 Å². The molecular formula is C16H20ClN5O3. The Kier molecular flexibility index (Phi) is 4.80. The van der Waals surface area contributed by atoms with Crippen molar-refractivity contribution in [2.75, 3.05) is 0 Å². The molecular weight excluding hydrogens is 346 g/mol. The molecule has 25 heavy (non-hydrogen) atoms. The maximum Gasteiger partial charge on any atom is 0.438 e. The first-order chi connectivity index (χ1) is 11.9. The molecule has 8 nitrogen and oxygen atoms in total. The third kappa shape index (κ3) is 3.39. The standard InChI is InChI=1S/C16H20ClN5O3/c1-10-4-3-5-14(11(10)2)18-15-16(22(24)25)19-20(21(15)23)13-8-6-12(17)7-9-13/h6-11,14,23H,3-5H2,1-2H3/t10-,11-,14-/m1/s1. The molecule has 2 aromatic rings. The fourth-order valence-corrected chi connectivity index (χ4v) is 3.34. The van der Waals surface area contributed by atoms with E-state index in [1.807, 2.05) is 0 Å². The first-order valence-electron chi connectivity index (χ1n) is 8.24. The molecule has 0 spiro atoms. The van der Waals surface area contributed by atoms with Gasteiger partial charge in [0.1, 0.15) is 5.69 Å². The second-order valence-electron chi connectivity index (χ2n) is 6.52. The summed E-state index contributed by atoms with van der Waals surface area (Å²) in [6, 6.07) is 6.38. The predicted octanol–water partition coefficient (Wildman–Crippen LogP) is 3.20. The van der Waals surface area contributed by atoms with Crippen LogP contribution < -0.4 is 5.49 Å². The summed E-state index contributed by atoms with van der Waals surface area (Å²) < 4.78 is 0. The van der Waals surface area contributed by atoms with Crippen LogP contribution in [0.15, 0.2) is 29.3 Å². The van der Waals surface area contributed by atoms with Crippen molar-refractivity contribution in [2.45, 2.75) is 39.2 Å². The Hall–Kier alpha value is -2.35. The maximum atomic E-state index is 11.4.